The van der Waals surface area contributed by atoms with Crippen LogP contribution in [0.1, 0.15) is 39.5 Å². The third-order valence-corrected chi connectivity index (χ3v) is 4.12. The van der Waals surface area contributed by atoms with Crippen LogP contribution in [0.25, 0.3) is 0 Å². The van der Waals surface area contributed by atoms with Crippen molar-refractivity contribution in [3.63, 3.8) is 0 Å². The Morgan fingerprint density at radius 2 is 2.06 bits per heavy atom. The zero-order valence-corrected chi connectivity index (χ0v) is 10.6. The SMILES string of the molecule is COC(=O)C(C)(C)CNCC1(C2CC2)CC1. The molecule has 0 radical (unpaired) electrons. The lowest BCUT2D eigenvalue weighted by Gasteiger charge is -2.24. The van der Waals surface area contributed by atoms with E-state index in [1.54, 1.807) is 0 Å². The fourth-order valence-corrected chi connectivity index (χ4v) is 2.56. The van der Waals surface area contributed by atoms with E-state index < -0.39 is 5.41 Å². The molecule has 0 atom stereocenters. The van der Waals surface area contributed by atoms with Gasteiger partial charge in [-0.05, 0) is 50.9 Å². The van der Waals surface area contributed by atoms with E-state index in [-0.39, 0.29) is 5.97 Å². The number of esters is 1. The van der Waals surface area contributed by atoms with Crippen LogP contribution in [0.5, 0.6) is 0 Å². The Labute approximate surface area is 97.9 Å². The minimum absolute atomic E-state index is 0.128. The molecule has 92 valence electrons. The van der Waals surface area contributed by atoms with E-state index in [0.717, 1.165) is 12.5 Å². The van der Waals surface area contributed by atoms with Crippen LogP contribution in [0.2, 0.25) is 0 Å². The van der Waals surface area contributed by atoms with Crippen LogP contribution in [0, 0.1) is 16.7 Å². The van der Waals surface area contributed by atoms with Crippen LogP contribution in [0.4, 0.5) is 0 Å². The van der Waals surface area contributed by atoms with Crippen LogP contribution in [0.15, 0.2) is 0 Å². The molecule has 2 rings (SSSR count). The van der Waals surface area contributed by atoms with Crippen molar-refractivity contribution >= 4 is 5.97 Å². The van der Waals surface area contributed by atoms with Gasteiger partial charge in [-0.3, -0.25) is 4.79 Å². The van der Waals surface area contributed by atoms with Crippen LogP contribution in [-0.4, -0.2) is 26.2 Å². The Morgan fingerprint density at radius 1 is 1.44 bits per heavy atom. The first-order valence-corrected chi connectivity index (χ1v) is 6.29. The van der Waals surface area contributed by atoms with Crippen molar-refractivity contribution in [1.29, 1.82) is 0 Å². The zero-order chi connectivity index (χ0) is 11.8. The quantitative estimate of drug-likeness (QED) is 0.702. The molecule has 0 aliphatic heterocycles. The second-order valence-electron chi connectivity index (χ2n) is 6.12. The van der Waals surface area contributed by atoms with Crippen LogP contribution in [0.3, 0.4) is 0 Å². The summed E-state index contributed by atoms with van der Waals surface area (Å²) in [6.45, 7) is 5.66. The van der Waals surface area contributed by atoms with E-state index in [4.69, 9.17) is 4.74 Å². The first-order chi connectivity index (χ1) is 7.50. The van der Waals surface area contributed by atoms with Gasteiger partial charge in [0.25, 0.3) is 0 Å². The molecule has 2 aliphatic rings. The molecule has 0 heterocycles. The van der Waals surface area contributed by atoms with Gasteiger partial charge in [0.2, 0.25) is 0 Å². The summed E-state index contributed by atoms with van der Waals surface area (Å²) in [6.07, 6.45) is 5.59. The average Bonchev–Trinajstić information content (AvgIpc) is 3.07. The Kier molecular flexibility index (Phi) is 2.99. The minimum atomic E-state index is -0.408. The summed E-state index contributed by atoms with van der Waals surface area (Å²) in [6, 6.07) is 0. The Morgan fingerprint density at radius 3 is 2.50 bits per heavy atom. The van der Waals surface area contributed by atoms with Crippen molar-refractivity contribution in [1.82, 2.24) is 5.32 Å². The molecule has 0 amide bonds. The van der Waals surface area contributed by atoms with Gasteiger partial charge in [-0.25, -0.2) is 0 Å². The van der Waals surface area contributed by atoms with Crippen molar-refractivity contribution < 1.29 is 9.53 Å². The van der Waals surface area contributed by atoms with E-state index in [2.05, 4.69) is 5.32 Å². The van der Waals surface area contributed by atoms with Crippen molar-refractivity contribution in [3.8, 4) is 0 Å². The Bertz CT molecular complexity index is 278. The molecule has 0 spiro atoms. The highest BCUT2D eigenvalue weighted by Gasteiger charge is 2.53. The topological polar surface area (TPSA) is 38.3 Å². The molecule has 2 fully saturated rings. The highest BCUT2D eigenvalue weighted by atomic mass is 16.5. The molecule has 16 heavy (non-hydrogen) atoms. The lowest BCUT2D eigenvalue weighted by atomic mass is 9.93. The Balaban J connectivity index is 1.73. The van der Waals surface area contributed by atoms with Gasteiger partial charge < -0.3 is 10.1 Å². The summed E-state index contributed by atoms with van der Waals surface area (Å²) in [7, 11) is 1.46. The lowest BCUT2D eigenvalue weighted by Crippen LogP contribution is -2.39. The van der Waals surface area contributed by atoms with Gasteiger partial charge in [0.1, 0.15) is 0 Å². The van der Waals surface area contributed by atoms with Gasteiger partial charge >= 0.3 is 5.97 Å². The first-order valence-electron chi connectivity index (χ1n) is 6.29. The predicted octanol–water partition coefficient (Wildman–Crippen LogP) is 1.97. The van der Waals surface area contributed by atoms with E-state index in [1.165, 1.54) is 32.8 Å². The Hall–Kier alpha value is -0.570. The van der Waals surface area contributed by atoms with Crippen LogP contribution < -0.4 is 5.32 Å². The number of hydrogen-bond donors (Lipinski definition) is 1. The monoisotopic (exact) mass is 225 g/mol. The maximum Gasteiger partial charge on any atom is 0.312 e. The number of methoxy groups -OCH3 is 1. The summed E-state index contributed by atoms with van der Waals surface area (Å²) in [4.78, 5) is 11.5. The summed E-state index contributed by atoms with van der Waals surface area (Å²) in [5.74, 6) is 0.845. The summed E-state index contributed by atoms with van der Waals surface area (Å²) >= 11 is 0. The van der Waals surface area contributed by atoms with E-state index in [0.29, 0.717) is 12.0 Å². The van der Waals surface area contributed by atoms with Gasteiger partial charge in [0.05, 0.1) is 12.5 Å². The van der Waals surface area contributed by atoms with E-state index in [9.17, 15) is 4.79 Å². The molecule has 0 bridgehead atoms. The van der Waals surface area contributed by atoms with E-state index >= 15 is 0 Å². The number of nitrogens with one attached hydrogen (secondary N) is 1. The number of carbonyl (C=O) groups excluding carboxylic acids is 1. The van der Waals surface area contributed by atoms with E-state index in [1.807, 2.05) is 13.8 Å². The molecule has 0 aromatic rings. The number of ether oxygens (including phenoxy) is 1. The van der Waals surface area contributed by atoms with Crippen molar-refractivity contribution in [2.24, 2.45) is 16.7 Å². The van der Waals surface area contributed by atoms with Crippen LogP contribution >= 0.6 is 0 Å². The van der Waals surface area contributed by atoms with Gasteiger partial charge in [-0.2, -0.15) is 0 Å². The summed E-state index contributed by atoms with van der Waals surface area (Å²) < 4.78 is 4.79. The molecule has 2 saturated carbocycles. The number of rotatable bonds is 6. The standard InChI is InChI=1S/C13H23NO2/c1-12(2,11(15)16-3)8-14-9-13(6-7-13)10-4-5-10/h10,14H,4-9H2,1-3H3. The molecule has 3 nitrogen and oxygen atoms in total. The van der Waals surface area contributed by atoms with Crippen molar-refractivity contribution in [2.75, 3.05) is 20.2 Å². The van der Waals surface area contributed by atoms with Crippen LogP contribution in [-0.2, 0) is 9.53 Å². The maximum atomic E-state index is 11.5. The smallest absolute Gasteiger partial charge is 0.312 e. The molecule has 2 aliphatic carbocycles. The largest absolute Gasteiger partial charge is 0.469 e. The van der Waals surface area contributed by atoms with Gasteiger partial charge in [-0.1, -0.05) is 0 Å². The fraction of sp³-hybridized carbons (Fsp3) is 0.923. The molecular formula is C13H23NO2. The first kappa shape index (κ1) is 11.9. The third kappa shape index (κ3) is 2.40. The highest BCUT2D eigenvalue weighted by Crippen LogP contribution is 2.60. The molecular weight excluding hydrogens is 202 g/mol. The average molecular weight is 225 g/mol. The second kappa shape index (κ2) is 4.02. The third-order valence-electron chi connectivity index (χ3n) is 4.12. The van der Waals surface area contributed by atoms with Crippen molar-refractivity contribution in [3.05, 3.63) is 0 Å². The lowest BCUT2D eigenvalue weighted by molar-refractivity contribution is -0.150. The normalized spacial score (nSPS) is 22.9. The molecule has 0 aromatic carbocycles. The fourth-order valence-electron chi connectivity index (χ4n) is 2.56. The molecule has 0 saturated heterocycles. The predicted molar refractivity (Wildman–Crippen MR) is 63.1 cm³/mol. The minimum Gasteiger partial charge on any atom is -0.469 e. The second-order valence-corrected chi connectivity index (χ2v) is 6.12. The number of carbonyl (C=O) groups is 1. The maximum absolute atomic E-state index is 11.5. The molecule has 0 unspecified atom stereocenters. The van der Waals surface area contributed by atoms with Gasteiger partial charge in [0.15, 0.2) is 0 Å². The van der Waals surface area contributed by atoms with Crippen molar-refractivity contribution in [2.45, 2.75) is 39.5 Å². The molecule has 3 heteroatoms. The zero-order valence-electron chi connectivity index (χ0n) is 10.6. The van der Waals surface area contributed by atoms with Gasteiger partial charge in [-0.15, -0.1) is 0 Å². The summed E-state index contributed by atoms with van der Waals surface area (Å²) in [5, 5.41) is 3.46. The highest BCUT2D eigenvalue weighted by molar-refractivity contribution is 5.76. The number of hydrogen-bond acceptors (Lipinski definition) is 3. The molecule has 0 aromatic heterocycles. The summed E-state index contributed by atoms with van der Waals surface area (Å²) in [5.41, 5.74) is 0.195. The molecule has 1 N–H and O–H groups in total. The van der Waals surface area contributed by atoms with Gasteiger partial charge in [0, 0.05) is 13.1 Å².